The fraction of sp³-hybridized carbons (Fsp3) is 0.320. The Kier molecular flexibility index (Phi) is 7.95. The highest BCUT2D eigenvalue weighted by Gasteiger charge is 2.48. The minimum absolute atomic E-state index is 0.0963. The largest absolute Gasteiger partial charge is 0.508 e. The number of phenols is 2. The molecule has 9 heteroatoms. The van der Waals surface area contributed by atoms with Gasteiger partial charge in [-0.25, -0.2) is 4.79 Å². The molecule has 1 aliphatic rings. The van der Waals surface area contributed by atoms with Gasteiger partial charge in [0.25, 0.3) is 0 Å². The molecular weight excluding hydrogens is 444 g/mol. The number of ether oxygens (including phenoxy) is 2. The van der Waals surface area contributed by atoms with E-state index in [1.54, 1.807) is 30.4 Å². The topological polar surface area (TPSA) is 157 Å². The van der Waals surface area contributed by atoms with Crippen LogP contribution in [0, 0.1) is 0 Å². The Morgan fingerprint density at radius 3 is 2.24 bits per heavy atom. The molecule has 0 radical (unpaired) electrons. The average molecular weight is 472 g/mol. The van der Waals surface area contributed by atoms with Gasteiger partial charge >= 0.3 is 5.97 Å². The van der Waals surface area contributed by atoms with E-state index in [2.05, 4.69) is 0 Å². The molecule has 2 aromatic rings. The molecular formula is C25H28O9. The second kappa shape index (κ2) is 10.7. The summed E-state index contributed by atoms with van der Waals surface area (Å²) in [5.74, 6) is -1.38. The predicted octanol–water partition coefficient (Wildman–Crippen LogP) is 2.05. The number of aliphatic carboxylic acids is 1. The number of hydrogen-bond donors (Lipinski definition) is 6. The maximum absolute atomic E-state index is 11.4. The zero-order valence-corrected chi connectivity index (χ0v) is 18.7. The number of rotatable bonds is 7. The summed E-state index contributed by atoms with van der Waals surface area (Å²) in [6.07, 6.45) is -3.23. The Balaban J connectivity index is 1.96. The summed E-state index contributed by atoms with van der Waals surface area (Å²) in [4.78, 5) is 11.4. The van der Waals surface area contributed by atoms with Crippen molar-refractivity contribution >= 4 is 18.1 Å². The molecule has 0 saturated carbocycles. The Morgan fingerprint density at radius 2 is 1.62 bits per heavy atom. The van der Waals surface area contributed by atoms with Crippen LogP contribution >= 0.6 is 0 Å². The third-order valence-corrected chi connectivity index (χ3v) is 5.34. The Labute approximate surface area is 196 Å². The molecule has 2 aromatic carbocycles. The molecule has 0 aliphatic carbocycles. The molecule has 6 N–H and O–H groups in total. The van der Waals surface area contributed by atoms with Gasteiger partial charge in [-0.05, 0) is 55.7 Å². The molecule has 0 amide bonds. The van der Waals surface area contributed by atoms with Crippen LogP contribution in [0.25, 0.3) is 12.2 Å². The van der Waals surface area contributed by atoms with Gasteiger partial charge in [-0.3, -0.25) is 0 Å². The van der Waals surface area contributed by atoms with Crippen molar-refractivity contribution in [2.75, 3.05) is 0 Å². The molecule has 1 fully saturated rings. The van der Waals surface area contributed by atoms with Crippen molar-refractivity contribution in [2.24, 2.45) is 0 Å². The normalized spacial score (nSPS) is 24.7. The molecule has 3 rings (SSSR count). The number of carboxylic acids is 1. The zero-order chi connectivity index (χ0) is 25.0. The summed E-state index contributed by atoms with van der Waals surface area (Å²) < 4.78 is 11.0. The number of carbonyl (C=O) groups is 1. The van der Waals surface area contributed by atoms with Crippen LogP contribution in [0.4, 0.5) is 0 Å². The predicted molar refractivity (Wildman–Crippen MR) is 123 cm³/mol. The molecule has 5 atom stereocenters. The molecule has 1 saturated heterocycles. The number of allylic oxidation sites excluding steroid dienone is 2. The maximum Gasteiger partial charge on any atom is 0.335 e. The Hall–Kier alpha value is -3.37. The average Bonchev–Trinajstić information content (AvgIpc) is 2.78. The summed E-state index contributed by atoms with van der Waals surface area (Å²) >= 11 is 0. The van der Waals surface area contributed by atoms with Crippen molar-refractivity contribution in [2.45, 2.75) is 51.0 Å². The standard InChI is InChI=1S/C25H28O9/c1-13(2)3-10-17-18(27)11-15(5-4-14-6-8-16(26)9-7-14)12-19(17)33-25-22(30)20(28)21(29)23(34-25)24(31)32/h3-9,11-12,20-23,25-30H,10H2,1-2H3,(H,31,32)/t20-,21-,22?,23?,25+/m0/s1. The molecule has 2 unspecified atom stereocenters. The lowest BCUT2D eigenvalue weighted by Crippen LogP contribution is -2.61. The van der Waals surface area contributed by atoms with Gasteiger partial charge < -0.3 is 40.1 Å². The number of aliphatic hydroxyl groups is 3. The number of hydrogen-bond acceptors (Lipinski definition) is 8. The summed E-state index contributed by atoms with van der Waals surface area (Å²) in [5, 5.41) is 59.7. The van der Waals surface area contributed by atoms with Crippen LogP contribution in [0.1, 0.15) is 30.5 Å². The second-order valence-electron chi connectivity index (χ2n) is 8.28. The van der Waals surface area contributed by atoms with E-state index in [4.69, 9.17) is 9.47 Å². The summed E-state index contributed by atoms with van der Waals surface area (Å²) in [5.41, 5.74) is 2.68. The van der Waals surface area contributed by atoms with Crippen LogP contribution < -0.4 is 4.74 Å². The third kappa shape index (κ3) is 5.95. The van der Waals surface area contributed by atoms with Gasteiger partial charge in [0.1, 0.15) is 35.6 Å². The van der Waals surface area contributed by atoms with Gasteiger partial charge in [0, 0.05) is 5.56 Å². The maximum atomic E-state index is 11.4. The lowest BCUT2D eigenvalue weighted by Gasteiger charge is -2.38. The smallest absolute Gasteiger partial charge is 0.335 e. The van der Waals surface area contributed by atoms with Gasteiger partial charge in [-0.1, -0.05) is 35.9 Å². The zero-order valence-electron chi connectivity index (χ0n) is 18.7. The molecule has 182 valence electrons. The van der Waals surface area contributed by atoms with Crippen LogP contribution in [0.15, 0.2) is 48.0 Å². The van der Waals surface area contributed by atoms with Crippen LogP contribution in [0.2, 0.25) is 0 Å². The second-order valence-corrected chi connectivity index (χ2v) is 8.28. The monoisotopic (exact) mass is 472 g/mol. The number of phenolic OH excluding ortho intramolecular Hbond substituents is 2. The molecule has 0 spiro atoms. The molecule has 1 aliphatic heterocycles. The van der Waals surface area contributed by atoms with Crippen LogP contribution in [0.5, 0.6) is 17.2 Å². The molecule has 9 nitrogen and oxygen atoms in total. The van der Waals surface area contributed by atoms with E-state index in [0.717, 1.165) is 11.1 Å². The lowest BCUT2D eigenvalue weighted by molar-refractivity contribution is -0.271. The van der Waals surface area contributed by atoms with Crippen LogP contribution in [0.3, 0.4) is 0 Å². The lowest BCUT2D eigenvalue weighted by atomic mass is 9.98. The van der Waals surface area contributed by atoms with Gasteiger partial charge in [-0.15, -0.1) is 0 Å². The van der Waals surface area contributed by atoms with Crippen LogP contribution in [-0.4, -0.2) is 67.3 Å². The van der Waals surface area contributed by atoms with E-state index in [1.807, 2.05) is 19.9 Å². The number of aliphatic hydroxyl groups excluding tert-OH is 3. The van der Waals surface area contributed by atoms with Gasteiger partial charge in [-0.2, -0.15) is 0 Å². The fourth-order valence-corrected chi connectivity index (χ4v) is 3.42. The minimum atomic E-state index is -1.84. The SMILES string of the molecule is CC(C)=CCc1c(O)cc(C=Cc2ccc(O)cc2)cc1O[C@@H]1OC(C(=O)O)[C@@H](O)[C@H](O)C1O. The minimum Gasteiger partial charge on any atom is -0.508 e. The highest BCUT2D eigenvalue weighted by atomic mass is 16.7. The highest BCUT2D eigenvalue weighted by molar-refractivity contribution is 5.73. The van der Waals surface area contributed by atoms with Crippen molar-refractivity contribution < 1.29 is 44.9 Å². The van der Waals surface area contributed by atoms with Crippen LogP contribution in [-0.2, 0) is 16.0 Å². The van der Waals surface area contributed by atoms with E-state index in [-0.39, 0.29) is 23.7 Å². The quantitative estimate of drug-likeness (QED) is 0.262. The van der Waals surface area contributed by atoms with Crippen molar-refractivity contribution in [1.29, 1.82) is 0 Å². The number of carboxylic acid groups (broad SMARTS) is 1. The number of benzene rings is 2. The van der Waals surface area contributed by atoms with E-state index in [0.29, 0.717) is 11.1 Å². The highest BCUT2D eigenvalue weighted by Crippen LogP contribution is 2.34. The Bertz CT molecular complexity index is 1070. The van der Waals surface area contributed by atoms with Gasteiger partial charge in [0.15, 0.2) is 6.10 Å². The first-order valence-corrected chi connectivity index (χ1v) is 10.6. The van der Waals surface area contributed by atoms with E-state index >= 15 is 0 Å². The summed E-state index contributed by atoms with van der Waals surface area (Å²) in [6, 6.07) is 9.58. The molecule has 34 heavy (non-hydrogen) atoms. The fourth-order valence-electron chi connectivity index (χ4n) is 3.42. The van der Waals surface area contributed by atoms with E-state index in [1.165, 1.54) is 18.2 Å². The summed E-state index contributed by atoms with van der Waals surface area (Å²) in [7, 11) is 0. The van der Waals surface area contributed by atoms with Crippen molar-refractivity contribution in [1.82, 2.24) is 0 Å². The van der Waals surface area contributed by atoms with Crippen molar-refractivity contribution in [3.8, 4) is 17.2 Å². The third-order valence-electron chi connectivity index (χ3n) is 5.34. The number of aromatic hydroxyl groups is 2. The van der Waals surface area contributed by atoms with E-state index < -0.39 is 36.7 Å². The summed E-state index contributed by atoms with van der Waals surface area (Å²) in [6.45, 7) is 3.77. The van der Waals surface area contributed by atoms with Crippen molar-refractivity contribution in [3.63, 3.8) is 0 Å². The van der Waals surface area contributed by atoms with Crippen molar-refractivity contribution in [3.05, 3.63) is 64.7 Å². The van der Waals surface area contributed by atoms with Gasteiger partial charge in [0.05, 0.1) is 0 Å². The van der Waals surface area contributed by atoms with Gasteiger partial charge in [0.2, 0.25) is 6.29 Å². The first-order valence-electron chi connectivity index (χ1n) is 10.6. The van der Waals surface area contributed by atoms with E-state index in [9.17, 15) is 35.4 Å². The molecule has 0 aromatic heterocycles. The first-order chi connectivity index (χ1) is 16.1. The Morgan fingerprint density at radius 1 is 0.971 bits per heavy atom. The molecule has 0 bridgehead atoms. The first kappa shape index (κ1) is 25.3. The molecule has 1 heterocycles.